The van der Waals surface area contributed by atoms with E-state index in [-0.39, 0.29) is 25.2 Å². The summed E-state index contributed by atoms with van der Waals surface area (Å²) in [6.07, 6.45) is 1.84. The zero-order chi connectivity index (χ0) is 12.1. The number of nitrogens with zero attached hydrogens (tertiary/aromatic N) is 1. The van der Waals surface area contributed by atoms with Crippen molar-refractivity contribution >= 4 is 5.91 Å². The Kier molecular flexibility index (Phi) is 3.98. The molecule has 0 aromatic heterocycles. The molecule has 1 amide bonds. The monoisotopic (exact) mass is 235 g/mol. The first-order chi connectivity index (χ1) is 8.31. The number of para-hydroxylation sites is 1. The Hall–Kier alpha value is -1.55. The number of rotatable bonds is 4. The van der Waals surface area contributed by atoms with Gasteiger partial charge in [-0.1, -0.05) is 18.2 Å². The van der Waals surface area contributed by atoms with Crippen LogP contribution in [0.25, 0.3) is 0 Å². The van der Waals surface area contributed by atoms with Crippen molar-refractivity contribution in [2.75, 3.05) is 19.8 Å². The minimum atomic E-state index is -0.0506. The third-order valence-corrected chi connectivity index (χ3v) is 3.01. The number of hydrogen-bond donors (Lipinski definition) is 1. The molecule has 4 heteroatoms. The minimum Gasteiger partial charge on any atom is -0.484 e. The molecule has 1 aliphatic rings. The Balaban J connectivity index is 1.85. The first-order valence-electron chi connectivity index (χ1n) is 5.89. The van der Waals surface area contributed by atoms with E-state index in [0.717, 1.165) is 19.4 Å². The first-order valence-corrected chi connectivity index (χ1v) is 5.89. The lowest BCUT2D eigenvalue weighted by molar-refractivity contribution is -0.134. The topological polar surface area (TPSA) is 49.8 Å². The van der Waals surface area contributed by atoms with Gasteiger partial charge in [-0.25, -0.2) is 0 Å². The number of benzene rings is 1. The lowest BCUT2D eigenvalue weighted by Crippen LogP contribution is -2.40. The van der Waals surface area contributed by atoms with Crippen LogP contribution >= 0.6 is 0 Å². The van der Waals surface area contributed by atoms with Crippen LogP contribution in [0.5, 0.6) is 5.75 Å². The second-order valence-corrected chi connectivity index (χ2v) is 4.17. The quantitative estimate of drug-likeness (QED) is 0.848. The third-order valence-electron chi connectivity index (χ3n) is 3.01. The molecule has 4 nitrogen and oxygen atoms in total. The number of hydrogen-bond acceptors (Lipinski definition) is 3. The highest BCUT2D eigenvalue weighted by molar-refractivity contribution is 5.78. The standard InChI is InChI=1S/C13H17NO3/c15-9-11-5-4-8-14(11)13(16)10-17-12-6-2-1-3-7-12/h1-3,6-7,11,15H,4-5,8-10H2/t11-/m1/s1. The maximum Gasteiger partial charge on any atom is 0.260 e. The second-order valence-electron chi connectivity index (χ2n) is 4.17. The highest BCUT2D eigenvalue weighted by Gasteiger charge is 2.27. The fraction of sp³-hybridized carbons (Fsp3) is 0.462. The summed E-state index contributed by atoms with van der Waals surface area (Å²) in [6.45, 7) is 0.805. The van der Waals surface area contributed by atoms with Crippen molar-refractivity contribution < 1.29 is 14.6 Å². The average Bonchev–Trinajstić information content (AvgIpc) is 2.85. The zero-order valence-corrected chi connectivity index (χ0v) is 9.71. The van der Waals surface area contributed by atoms with Gasteiger partial charge in [0.05, 0.1) is 12.6 Å². The Morgan fingerprint density at radius 1 is 1.41 bits per heavy atom. The molecule has 1 aromatic rings. The van der Waals surface area contributed by atoms with Gasteiger partial charge in [-0.2, -0.15) is 0 Å². The molecule has 17 heavy (non-hydrogen) atoms. The summed E-state index contributed by atoms with van der Waals surface area (Å²) in [6, 6.07) is 9.25. The predicted octanol–water partition coefficient (Wildman–Crippen LogP) is 1.05. The second kappa shape index (κ2) is 5.68. The number of carbonyl (C=O) groups is 1. The maximum atomic E-state index is 11.9. The summed E-state index contributed by atoms with van der Waals surface area (Å²) >= 11 is 0. The molecule has 1 atom stereocenters. The van der Waals surface area contributed by atoms with Crippen LogP contribution in [0, 0.1) is 0 Å². The SMILES string of the molecule is O=C(COc1ccccc1)N1CCC[C@@H]1CO. The van der Waals surface area contributed by atoms with E-state index in [2.05, 4.69) is 0 Å². The van der Waals surface area contributed by atoms with Crippen molar-refractivity contribution in [3.05, 3.63) is 30.3 Å². The smallest absolute Gasteiger partial charge is 0.260 e. The van der Waals surface area contributed by atoms with Gasteiger partial charge in [-0.05, 0) is 25.0 Å². The van der Waals surface area contributed by atoms with Crippen LogP contribution < -0.4 is 4.74 Å². The van der Waals surface area contributed by atoms with E-state index in [1.165, 1.54) is 0 Å². The van der Waals surface area contributed by atoms with Crippen LogP contribution in [0.15, 0.2) is 30.3 Å². The van der Waals surface area contributed by atoms with Crippen molar-refractivity contribution in [2.24, 2.45) is 0 Å². The van der Waals surface area contributed by atoms with Crippen LogP contribution in [-0.4, -0.2) is 41.7 Å². The molecule has 0 aliphatic carbocycles. The summed E-state index contributed by atoms with van der Waals surface area (Å²) in [5.41, 5.74) is 0. The molecule has 1 N–H and O–H groups in total. The van der Waals surface area contributed by atoms with Gasteiger partial charge in [0.2, 0.25) is 0 Å². The minimum absolute atomic E-state index is 0.0260. The molecule has 0 spiro atoms. The Morgan fingerprint density at radius 2 is 2.18 bits per heavy atom. The van der Waals surface area contributed by atoms with Crippen LogP contribution in [-0.2, 0) is 4.79 Å². The molecule has 1 aromatic carbocycles. The summed E-state index contributed by atoms with van der Waals surface area (Å²) < 4.78 is 5.40. The highest BCUT2D eigenvalue weighted by atomic mass is 16.5. The summed E-state index contributed by atoms with van der Waals surface area (Å²) in [7, 11) is 0. The molecule has 0 radical (unpaired) electrons. The number of amides is 1. The fourth-order valence-electron chi connectivity index (χ4n) is 2.10. The molecule has 1 saturated heterocycles. The van der Waals surface area contributed by atoms with Crippen LogP contribution in [0.3, 0.4) is 0 Å². The van der Waals surface area contributed by atoms with Gasteiger partial charge in [-0.15, -0.1) is 0 Å². The highest BCUT2D eigenvalue weighted by Crippen LogP contribution is 2.17. The Morgan fingerprint density at radius 3 is 2.88 bits per heavy atom. The third kappa shape index (κ3) is 2.97. The average molecular weight is 235 g/mol. The fourth-order valence-corrected chi connectivity index (χ4v) is 2.10. The summed E-state index contributed by atoms with van der Waals surface area (Å²) in [5.74, 6) is 0.644. The molecule has 1 fully saturated rings. The number of aliphatic hydroxyl groups is 1. The predicted molar refractivity (Wildman–Crippen MR) is 63.8 cm³/mol. The van der Waals surface area contributed by atoms with Gasteiger partial charge in [0.15, 0.2) is 6.61 Å². The summed E-state index contributed by atoms with van der Waals surface area (Å²) in [5, 5.41) is 9.14. The van der Waals surface area contributed by atoms with Crippen LogP contribution in [0.4, 0.5) is 0 Å². The van der Waals surface area contributed by atoms with Gasteiger partial charge in [0.1, 0.15) is 5.75 Å². The van der Waals surface area contributed by atoms with E-state index < -0.39 is 0 Å². The van der Waals surface area contributed by atoms with E-state index >= 15 is 0 Å². The van der Waals surface area contributed by atoms with Crippen molar-refractivity contribution in [2.45, 2.75) is 18.9 Å². The lowest BCUT2D eigenvalue weighted by atomic mass is 10.2. The van der Waals surface area contributed by atoms with E-state index in [4.69, 9.17) is 9.84 Å². The lowest BCUT2D eigenvalue weighted by Gasteiger charge is -2.22. The molecular weight excluding hydrogens is 218 g/mol. The molecule has 0 unspecified atom stereocenters. The largest absolute Gasteiger partial charge is 0.484 e. The van der Waals surface area contributed by atoms with Crippen molar-refractivity contribution in [3.8, 4) is 5.75 Å². The molecule has 1 heterocycles. The first kappa shape index (κ1) is 11.9. The van der Waals surface area contributed by atoms with Crippen molar-refractivity contribution in [3.63, 3.8) is 0 Å². The van der Waals surface area contributed by atoms with Crippen LogP contribution in [0.2, 0.25) is 0 Å². The number of carbonyl (C=O) groups excluding carboxylic acids is 1. The van der Waals surface area contributed by atoms with Gasteiger partial charge in [-0.3, -0.25) is 4.79 Å². The summed E-state index contributed by atoms with van der Waals surface area (Å²) in [4.78, 5) is 13.6. The van der Waals surface area contributed by atoms with Gasteiger partial charge in [0.25, 0.3) is 5.91 Å². The van der Waals surface area contributed by atoms with Crippen molar-refractivity contribution in [1.29, 1.82) is 0 Å². The van der Waals surface area contributed by atoms with E-state index in [1.807, 2.05) is 30.3 Å². The molecule has 92 valence electrons. The van der Waals surface area contributed by atoms with Gasteiger partial charge < -0.3 is 14.7 Å². The molecule has 0 bridgehead atoms. The van der Waals surface area contributed by atoms with E-state index in [0.29, 0.717) is 5.75 Å². The molecule has 1 aliphatic heterocycles. The van der Waals surface area contributed by atoms with Gasteiger partial charge >= 0.3 is 0 Å². The normalized spacial score (nSPS) is 19.4. The van der Waals surface area contributed by atoms with E-state index in [1.54, 1.807) is 4.90 Å². The Labute approximate surface area is 101 Å². The maximum absolute atomic E-state index is 11.9. The van der Waals surface area contributed by atoms with Crippen LogP contribution in [0.1, 0.15) is 12.8 Å². The number of likely N-dealkylation sites (tertiary alicyclic amines) is 1. The number of aliphatic hydroxyl groups excluding tert-OH is 1. The Bertz CT molecular complexity index is 366. The molecule has 0 saturated carbocycles. The number of ether oxygens (including phenoxy) is 1. The van der Waals surface area contributed by atoms with Crippen molar-refractivity contribution in [1.82, 2.24) is 4.90 Å². The van der Waals surface area contributed by atoms with Gasteiger partial charge in [0, 0.05) is 6.54 Å². The van der Waals surface area contributed by atoms with E-state index in [9.17, 15) is 4.79 Å². The molecular formula is C13H17NO3. The zero-order valence-electron chi connectivity index (χ0n) is 9.71. The molecule has 2 rings (SSSR count).